The van der Waals surface area contributed by atoms with E-state index >= 15 is 0 Å². The van der Waals surface area contributed by atoms with Gasteiger partial charge in [0.1, 0.15) is 5.94 Å². The molecule has 0 bridgehead atoms. The summed E-state index contributed by atoms with van der Waals surface area (Å²) in [6.45, 7) is 0. The summed E-state index contributed by atoms with van der Waals surface area (Å²) in [5, 5.41) is 0. The smallest absolute Gasteiger partial charge is 0.317 e. The van der Waals surface area contributed by atoms with Crippen LogP contribution in [0.1, 0.15) is 6.42 Å². The second-order valence-corrected chi connectivity index (χ2v) is 5.67. The van der Waals surface area contributed by atoms with Gasteiger partial charge in [-0.15, -0.1) is 0 Å². The lowest BCUT2D eigenvalue weighted by atomic mass is 10.1. The Morgan fingerprint density at radius 2 is 1.79 bits per heavy atom. The molecule has 1 rings (SSSR count). The summed E-state index contributed by atoms with van der Waals surface area (Å²) in [6, 6.07) is 0. The summed E-state index contributed by atoms with van der Waals surface area (Å²) >= 11 is 0. The topological polar surface area (TPSA) is 82.7 Å². The van der Waals surface area contributed by atoms with Crippen LogP contribution in [0.4, 0.5) is 0 Å². The molecule has 0 amide bonds. The minimum Gasteiger partial charge on any atom is -0.412 e. The van der Waals surface area contributed by atoms with Gasteiger partial charge in [0.25, 0.3) is 0 Å². The highest BCUT2D eigenvalue weighted by Gasteiger charge is 1.90. The summed E-state index contributed by atoms with van der Waals surface area (Å²) in [5.41, 5.74) is 0.729. The molecule has 80 valence electrons. The van der Waals surface area contributed by atoms with Crippen molar-refractivity contribution in [1.82, 2.24) is 0 Å². The Labute approximate surface area is 90.7 Å². The molecular formula is C7H8Cl2O4S. The molecule has 7 heteroatoms. The Balaban J connectivity index is 0. The van der Waals surface area contributed by atoms with Gasteiger partial charge >= 0.3 is 8.26 Å². The maximum Gasteiger partial charge on any atom is 0.317 e. The van der Waals surface area contributed by atoms with Crippen molar-refractivity contribution in [2.24, 2.45) is 0 Å². The molecule has 0 aromatic heterocycles. The average molecular weight is 259 g/mol. The van der Waals surface area contributed by atoms with Crippen molar-refractivity contribution in [3.05, 3.63) is 29.9 Å². The van der Waals surface area contributed by atoms with E-state index in [1.54, 1.807) is 6.08 Å². The van der Waals surface area contributed by atoms with Gasteiger partial charge in [-0.3, -0.25) is 0 Å². The lowest BCUT2D eigenvalue weighted by molar-refractivity contribution is 0.567. The minimum absolute atomic E-state index is 0. The first-order chi connectivity index (χ1) is 5.93. The summed E-state index contributed by atoms with van der Waals surface area (Å²) in [5.74, 6) is 1.83. The maximum absolute atomic E-state index is 9.91. The van der Waals surface area contributed by atoms with Crippen molar-refractivity contribution in [3.8, 4) is 0 Å². The molecule has 0 aliphatic heterocycles. The van der Waals surface area contributed by atoms with Gasteiger partial charge in [0, 0.05) is 33.4 Å². The highest BCUT2D eigenvalue weighted by molar-refractivity contribution is 8.31. The maximum atomic E-state index is 9.91. The summed E-state index contributed by atoms with van der Waals surface area (Å²) in [4.78, 5) is 9.91. The SMILES string of the molecule is O.O=C=C1C=CC=CC1.O=S(=O)(Cl)Cl. The lowest BCUT2D eigenvalue weighted by Gasteiger charge is -1.92. The Morgan fingerprint density at radius 3 is 2.00 bits per heavy atom. The third kappa shape index (κ3) is 14.0. The third-order valence-electron chi connectivity index (χ3n) is 1.01. The van der Waals surface area contributed by atoms with Crippen LogP contribution in [0.5, 0.6) is 0 Å². The van der Waals surface area contributed by atoms with E-state index in [0.29, 0.717) is 0 Å². The van der Waals surface area contributed by atoms with Crippen LogP contribution in [0.25, 0.3) is 0 Å². The van der Waals surface area contributed by atoms with Crippen molar-refractivity contribution in [2.45, 2.75) is 6.42 Å². The zero-order valence-electron chi connectivity index (χ0n) is 6.91. The third-order valence-corrected chi connectivity index (χ3v) is 1.01. The van der Waals surface area contributed by atoms with Crippen molar-refractivity contribution in [3.63, 3.8) is 0 Å². The Hall–Kier alpha value is -0.580. The molecule has 0 spiro atoms. The summed E-state index contributed by atoms with van der Waals surface area (Å²) in [7, 11) is 4.81. The number of hydrogen-bond acceptors (Lipinski definition) is 3. The van der Waals surface area contributed by atoms with Crippen LogP contribution in [0.3, 0.4) is 0 Å². The predicted octanol–water partition coefficient (Wildman–Crippen LogP) is 1.14. The van der Waals surface area contributed by atoms with E-state index in [0.717, 1.165) is 12.0 Å². The van der Waals surface area contributed by atoms with Gasteiger partial charge in [-0.05, 0) is 6.08 Å². The van der Waals surface area contributed by atoms with Crippen LogP contribution >= 0.6 is 21.4 Å². The van der Waals surface area contributed by atoms with E-state index in [-0.39, 0.29) is 5.48 Å². The van der Waals surface area contributed by atoms with Gasteiger partial charge in [-0.25, -0.2) is 4.79 Å². The Bertz CT molecular complexity index is 355. The molecule has 1 aliphatic carbocycles. The van der Waals surface area contributed by atoms with Crippen molar-refractivity contribution in [2.75, 3.05) is 0 Å². The van der Waals surface area contributed by atoms with E-state index in [1.807, 2.05) is 24.2 Å². The lowest BCUT2D eigenvalue weighted by Crippen LogP contribution is -1.78. The molecule has 0 aromatic carbocycles. The molecule has 2 N–H and O–H groups in total. The van der Waals surface area contributed by atoms with Crippen LogP contribution in [0.2, 0.25) is 0 Å². The molecule has 0 aromatic rings. The quantitative estimate of drug-likeness (QED) is 0.483. The first kappa shape index (κ1) is 15.9. The number of rotatable bonds is 0. The van der Waals surface area contributed by atoms with Gasteiger partial charge in [0.05, 0.1) is 0 Å². The molecular weight excluding hydrogens is 251 g/mol. The van der Waals surface area contributed by atoms with Crippen LogP contribution in [0, 0.1) is 0 Å². The molecule has 0 saturated carbocycles. The zero-order chi connectivity index (χ0) is 10.3. The minimum atomic E-state index is -3.72. The fourth-order valence-electron chi connectivity index (χ4n) is 0.589. The normalized spacial score (nSPS) is 13.4. The molecule has 0 heterocycles. The van der Waals surface area contributed by atoms with E-state index in [1.165, 1.54) is 0 Å². The average Bonchev–Trinajstić information content (AvgIpc) is 2.03. The molecule has 0 saturated heterocycles. The van der Waals surface area contributed by atoms with Gasteiger partial charge < -0.3 is 5.48 Å². The highest BCUT2D eigenvalue weighted by atomic mass is 36.0. The van der Waals surface area contributed by atoms with Crippen LogP contribution in [-0.2, 0) is 13.1 Å². The van der Waals surface area contributed by atoms with E-state index in [2.05, 4.69) is 21.4 Å². The monoisotopic (exact) mass is 258 g/mol. The van der Waals surface area contributed by atoms with Gasteiger partial charge in [0.15, 0.2) is 0 Å². The summed E-state index contributed by atoms with van der Waals surface area (Å²) < 4.78 is 18.3. The van der Waals surface area contributed by atoms with Crippen LogP contribution in [0.15, 0.2) is 29.9 Å². The predicted molar refractivity (Wildman–Crippen MR) is 56.3 cm³/mol. The fraction of sp³-hybridized carbons (Fsp3) is 0.143. The number of hydrogen-bond donors (Lipinski definition) is 0. The van der Waals surface area contributed by atoms with E-state index in [9.17, 15) is 4.79 Å². The summed E-state index contributed by atoms with van der Waals surface area (Å²) in [6.07, 6.45) is 8.19. The first-order valence-electron chi connectivity index (χ1n) is 3.15. The molecule has 0 unspecified atom stereocenters. The van der Waals surface area contributed by atoms with E-state index < -0.39 is 8.26 Å². The first-order valence-corrected chi connectivity index (χ1v) is 6.28. The Kier molecular flexibility index (Phi) is 8.83. The highest BCUT2D eigenvalue weighted by Crippen LogP contribution is 2.04. The van der Waals surface area contributed by atoms with Crippen molar-refractivity contribution < 1.29 is 18.7 Å². The van der Waals surface area contributed by atoms with Crippen LogP contribution < -0.4 is 0 Å². The standard InChI is InChI=1S/C7H6O.Cl2O2S.H2O/c8-6-7-4-2-1-3-5-7;1-5(2,3)4;/h1-4H,5H2;;1H2. The number of halogens is 2. The Morgan fingerprint density at radius 1 is 1.29 bits per heavy atom. The fourth-order valence-corrected chi connectivity index (χ4v) is 0.589. The molecule has 1 aliphatic rings. The molecule has 14 heavy (non-hydrogen) atoms. The van der Waals surface area contributed by atoms with Crippen molar-refractivity contribution >= 4 is 35.6 Å². The molecule has 0 radical (unpaired) electrons. The van der Waals surface area contributed by atoms with E-state index in [4.69, 9.17) is 8.42 Å². The second kappa shape index (κ2) is 7.79. The molecule has 4 nitrogen and oxygen atoms in total. The molecule has 0 fully saturated rings. The largest absolute Gasteiger partial charge is 0.412 e. The van der Waals surface area contributed by atoms with Gasteiger partial charge in [-0.2, -0.15) is 8.42 Å². The zero-order valence-corrected chi connectivity index (χ0v) is 9.23. The van der Waals surface area contributed by atoms with Gasteiger partial charge in [-0.1, -0.05) is 18.2 Å². The number of allylic oxidation sites excluding steroid dienone is 5. The van der Waals surface area contributed by atoms with Crippen molar-refractivity contribution in [1.29, 1.82) is 0 Å². The van der Waals surface area contributed by atoms with Gasteiger partial charge in [0.2, 0.25) is 0 Å². The molecule has 0 atom stereocenters. The van der Waals surface area contributed by atoms with Crippen LogP contribution in [-0.4, -0.2) is 19.8 Å². The number of carbonyl (C=O) groups excluding carboxylic acids is 1. The second-order valence-electron chi connectivity index (χ2n) is 2.00.